The number of carbonyl (C=O) groups is 1. The molecule has 8 nitrogen and oxygen atoms in total. The Balaban J connectivity index is 1.37. The molecule has 0 unspecified atom stereocenters. The predicted octanol–water partition coefficient (Wildman–Crippen LogP) is 6.39. The molecule has 0 saturated heterocycles. The van der Waals surface area contributed by atoms with E-state index in [1.807, 2.05) is 0 Å². The Hall–Kier alpha value is -3.30. The lowest BCUT2D eigenvalue weighted by atomic mass is 9.80. The number of alkyl halides is 2. The van der Waals surface area contributed by atoms with E-state index in [-0.39, 0.29) is 23.3 Å². The van der Waals surface area contributed by atoms with E-state index in [9.17, 15) is 13.6 Å². The highest BCUT2D eigenvalue weighted by Gasteiger charge is 2.28. The molecule has 0 aromatic carbocycles. The van der Waals surface area contributed by atoms with E-state index in [2.05, 4.69) is 46.1 Å². The summed E-state index contributed by atoms with van der Waals surface area (Å²) in [6.07, 6.45) is 9.51. The Labute approximate surface area is 216 Å². The molecule has 2 saturated carbocycles. The number of halogens is 2. The Morgan fingerprint density at radius 1 is 1.27 bits per heavy atom. The quantitative estimate of drug-likeness (QED) is 0.339. The molecule has 2 heterocycles. The van der Waals surface area contributed by atoms with Gasteiger partial charge in [-0.15, -0.1) is 0 Å². The molecule has 10 heteroatoms. The number of nitrogens with one attached hydrogen (secondary N) is 2. The van der Waals surface area contributed by atoms with Crippen LogP contribution in [0.2, 0.25) is 0 Å². The molecule has 0 atom stereocenters. The first-order valence-electron chi connectivity index (χ1n) is 13.0. The van der Waals surface area contributed by atoms with Crippen LogP contribution in [0.3, 0.4) is 0 Å². The summed E-state index contributed by atoms with van der Waals surface area (Å²) in [6, 6.07) is 0.0474. The Bertz CT molecular complexity index is 1150. The van der Waals surface area contributed by atoms with Crippen LogP contribution in [0.25, 0.3) is 5.57 Å². The van der Waals surface area contributed by atoms with Crippen LogP contribution < -0.4 is 10.6 Å². The zero-order valence-electron chi connectivity index (χ0n) is 21.7. The number of carbonyl (C=O) groups excluding carboxylic acids is 1. The first-order chi connectivity index (χ1) is 17.7. The van der Waals surface area contributed by atoms with Gasteiger partial charge < -0.3 is 15.1 Å². The average molecular weight is 515 g/mol. The van der Waals surface area contributed by atoms with Gasteiger partial charge in [0.25, 0.3) is 12.3 Å². The minimum absolute atomic E-state index is 0.00728. The molecule has 0 bridgehead atoms. The number of hydrogen-bond acceptors (Lipinski definition) is 6. The molecule has 0 spiro atoms. The van der Waals surface area contributed by atoms with E-state index in [1.165, 1.54) is 25.3 Å². The van der Waals surface area contributed by atoms with Gasteiger partial charge in [-0.2, -0.15) is 5.10 Å². The van der Waals surface area contributed by atoms with Crippen molar-refractivity contribution in [1.82, 2.24) is 20.1 Å². The summed E-state index contributed by atoms with van der Waals surface area (Å²) in [6.45, 7) is 10.9. The Kier molecular flexibility index (Phi) is 8.56. The molecule has 2 aromatic rings. The smallest absolute Gasteiger partial charge is 0.284 e. The maximum absolute atomic E-state index is 13.7. The molecule has 4 rings (SSSR count). The summed E-state index contributed by atoms with van der Waals surface area (Å²) < 4.78 is 34.4. The molecular weight excluding hydrogens is 478 g/mol. The summed E-state index contributed by atoms with van der Waals surface area (Å²) in [5.74, 6) is 2.15. The molecule has 2 aliphatic rings. The largest absolute Gasteiger partial charge is 0.444 e. The van der Waals surface area contributed by atoms with Crippen molar-refractivity contribution in [2.24, 2.45) is 22.7 Å². The molecule has 2 aliphatic carbocycles. The van der Waals surface area contributed by atoms with Crippen molar-refractivity contribution in [3.63, 3.8) is 0 Å². The predicted molar refractivity (Wildman–Crippen MR) is 139 cm³/mol. The van der Waals surface area contributed by atoms with Gasteiger partial charge in [-0.25, -0.2) is 18.8 Å². The van der Waals surface area contributed by atoms with E-state index >= 15 is 0 Å². The zero-order chi connectivity index (χ0) is 26.5. The van der Waals surface area contributed by atoms with Gasteiger partial charge >= 0.3 is 0 Å². The molecule has 2 aromatic heterocycles. The number of aromatic nitrogens is 3. The van der Waals surface area contributed by atoms with Gasteiger partial charge in [0, 0.05) is 24.5 Å². The van der Waals surface area contributed by atoms with E-state index < -0.39 is 18.0 Å². The summed E-state index contributed by atoms with van der Waals surface area (Å²) in [5, 5.41) is 9.84. The van der Waals surface area contributed by atoms with Crippen LogP contribution in [-0.4, -0.2) is 33.4 Å². The SMILES string of the molecule is C=C(/N=C\C=C(/C)c1nc(C(=O)Nc2cn([C@H]3CC[C@@H](C(C)C)CC3)nc2C(F)F)co1)NCC1CC1. The standard InChI is InChI=1S/C27H36F2N6O2/c1-16(2)20-7-9-21(10-8-20)35-14-22(24(34-35)25(28)29)32-26(36)23-15-37-27(33-23)17(3)11-12-30-18(4)31-13-19-5-6-19/h11-12,14-16,19-21,25,31H,4-10,13H2,1-3H3,(H,32,36)/b17-11+,30-12-/t20-,21+. The number of nitrogens with zero attached hydrogens (tertiary/aromatic N) is 4. The molecule has 37 heavy (non-hydrogen) atoms. The van der Waals surface area contributed by atoms with Crippen molar-refractivity contribution < 1.29 is 18.0 Å². The highest BCUT2D eigenvalue weighted by atomic mass is 19.3. The lowest BCUT2D eigenvalue weighted by Gasteiger charge is -2.30. The molecular formula is C27H36F2N6O2. The number of rotatable bonds is 11. The maximum atomic E-state index is 13.7. The van der Waals surface area contributed by atoms with Crippen LogP contribution in [0.1, 0.15) is 93.8 Å². The van der Waals surface area contributed by atoms with Crippen LogP contribution in [0.4, 0.5) is 14.5 Å². The molecule has 0 aliphatic heterocycles. The summed E-state index contributed by atoms with van der Waals surface area (Å²) in [5.41, 5.74) is 0.189. The van der Waals surface area contributed by atoms with Crippen molar-refractivity contribution in [3.05, 3.63) is 48.2 Å². The monoisotopic (exact) mass is 514 g/mol. The molecule has 2 N–H and O–H groups in total. The second-order valence-corrected chi connectivity index (χ2v) is 10.4. The number of hydrogen-bond donors (Lipinski definition) is 2. The van der Waals surface area contributed by atoms with Gasteiger partial charge in [0.2, 0.25) is 5.89 Å². The summed E-state index contributed by atoms with van der Waals surface area (Å²) in [7, 11) is 0. The average Bonchev–Trinajstić information content (AvgIpc) is 3.39. The van der Waals surface area contributed by atoms with Crippen LogP contribution in [0.15, 0.2) is 40.3 Å². The van der Waals surface area contributed by atoms with Gasteiger partial charge in [-0.1, -0.05) is 20.4 Å². The summed E-state index contributed by atoms with van der Waals surface area (Å²) in [4.78, 5) is 21.2. The second-order valence-electron chi connectivity index (χ2n) is 10.4. The van der Waals surface area contributed by atoms with Crippen molar-refractivity contribution in [3.8, 4) is 0 Å². The third-order valence-electron chi connectivity index (χ3n) is 7.19. The molecule has 200 valence electrons. The van der Waals surface area contributed by atoms with Crippen LogP contribution in [-0.2, 0) is 0 Å². The second kappa shape index (κ2) is 11.8. The van der Waals surface area contributed by atoms with Crippen LogP contribution >= 0.6 is 0 Å². The van der Waals surface area contributed by atoms with Crippen molar-refractivity contribution >= 4 is 23.4 Å². The van der Waals surface area contributed by atoms with Crippen molar-refractivity contribution in [1.29, 1.82) is 0 Å². The first-order valence-corrected chi connectivity index (χ1v) is 13.0. The number of aliphatic imine (C=N–C) groups is 1. The first kappa shape index (κ1) is 26.8. The van der Waals surface area contributed by atoms with Crippen LogP contribution in [0, 0.1) is 17.8 Å². The van der Waals surface area contributed by atoms with Gasteiger partial charge in [-0.05, 0) is 69.3 Å². The van der Waals surface area contributed by atoms with E-state index in [0.717, 1.165) is 38.1 Å². The number of amides is 1. The molecule has 0 radical (unpaired) electrons. The maximum Gasteiger partial charge on any atom is 0.284 e. The minimum Gasteiger partial charge on any atom is -0.444 e. The van der Waals surface area contributed by atoms with Gasteiger partial charge in [0.1, 0.15) is 12.1 Å². The lowest BCUT2D eigenvalue weighted by molar-refractivity contribution is 0.102. The fraction of sp³-hybridized carbons (Fsp3) is 0.556. The highest BCUT2D eigenvalue weighted by molar-refractivity contribution is 6.03. The number of allylic oxidation sites excluding steroid dienone is 2. The highest BCUT2D eigenvalue weighted by Crippen LogP contribution is 2.37. The summed E-state index contributed by atoms with van der Waals surface area (Å²) >= 11 is 0. The van der Waals surface area contributed by atoms with Crippen LogP contribution in [0.5, 0.6) is 0 Å². The van der Waals surface area contributed by atoms with E-state index in [1.54, 1.807) is 23.9 Å². The Morgan fingerprint density at radius 2 is 2.00 bits per heavy atom. The van der Waals surface area contributed by atoms with E-state index in [0.29, 0.717) is 23.2 Å². The van der Waals surface area contributed by atoms with Crippen molar-refractivity contribution in [2.75, 3.05) is 11.9 Å². The van der Waals surface area contributed by atoms with Gasteiger partial charge in [0.05, 0.1) is 11.7 Å². The number of oxazole rings is 1. The third-order valence-corrected chi connectivity index (χ3v) is 7.19. The zero-order valence-corrected chi connectivity index (χ0v) is 21.7. The van der Waals surface area contributed by atoms with Crippen molar-refractivity contribution in [2.45, 2.75) is 71.8 Å². The lowest BCUT2D eigenvalue weighted by Crippen LogP contribution is -2.21. The topological polar surface area (TPSA) is 97.3 Å². The minimum atomic E-state index is -2.81. The Morgan fingerprint density at radius 3 is 2.65 bits per heavy atom. The van der Waals surface area contributed by atoms with Gasteiger partial charge in [-0.3, -0.25) is 9.48 Å². The third kappa shape index (κ3) is 7.14. The normalized spacial score (nSPS) is 20.7. The van der Waals surface area contributed by atoms with Gasteiger partial charge in [0.15, 0.2) is 11.4 Å². The van der Waals surface area contributed by atoms with E-state index in [4.69, 9.17) is 4.42 Å². The fourth-order valence-corrected chi connectivity index (χ4v) is 4.57. The fourth-order valence-electron chi connectivity index (χ4n) is 4.57. The molecule has 2 fully saturated rings. The molecule has 1 amide bonds. The number of anilines is 1.